The Balaban J connectivity index is 1.58. The predicted octanol–water partition coefficient (Wildman–Crippen LogP) is 2.54. The summed E-state index contributed by atoms with van der Waals surface area (Å²) in [4.78, 5) is 22.8. The van der Waals surface area contributed by atoms with Gasteiger partial charge in [0.1, 0.15) is 5.82 Å². The summed E-state index contributed by atoms with van der Waals surface area (Å²) in [5, 5.41) is 5.27. The van der Waals surface area contributed by atoms with Gasteiger partial charge in [0, 0.05) is 24.6 Å². The van der Waals surface area contributed by atoms with Crippen molar-refractivity contribution >= 4 is 27.0 Å². The molecular formula is C20H22N4O3S. The number of imidazole rings is 1. The van der Waals surface area contributed by atoms with Gasteiger partial charge in [0.25, 0.3) is 5.91 Å². The van der Waals surface area contributed by atoms with Crippen LogP contribution in [0.15, 0.2) is 47.4 Å². The molecule has 1 aromatic heterocycles. The molecule has 1 amide bonds. The molecular weight excluding hydrogens is 376 g/mol. The number of aromatic nitrogens is 2. The molecule has 3 N–H and O–H groups in total. The number of fused-ring (bicyclic) bond motifs is 1. The Morgan fingerprint density at radius 2 is 2.04 bits per heavy atom. The third-order valence-electron chi connectivity index (χ3n) is 5.24. The van der Waals surface area contributed by atoms with Crippen molar-refractivity contribution in [2.45, 2.75) is 30.6 Å². The number of hydrogen-bond acceptors (Lipinski definition) is 4. The summed E-state index contributed by atoms with van der Waals surface area (Å²) in [5.74, 6) is 0.812. The Kier molecular flexibility index (Phi) is 4.68. The van der Waals surface area contributed by atoms with Crippen LogP contribution in [0.2, 0.25) is 0 Å². The van der Waals surface area contributed by atoms with Gasteiger partial charge in [0.2, 0.25) is 10.0 Å². The number of likely N-dealkylation sites (tertiary alicyclic amines) is 1. The normalized spacial score (nSPS) is 17.8. The van der Waals surface area contributed by atoms with Gasteiger partial charge in [-0.15, -0.1) is 0 Å². The number of H-pyrrole nitrogens is 1. The molecule has 7 nitrogen and oxygen atoms in total. The molecule has 1 saturated heterocycles. The Hall–Kier alpha value is -2.71. The topological polar surface area (TPSA) is 109 Å². The number of carbonyl (C=O) groups is 1. The maximum atomic E-state index is 13.0. The molecule has 0 bridgehead atoms. The zero-order valence-corrected chi connectivity index (χ0v) is 16.4. The van der Waals surface area contributed by atoms with E-state index in [9.17, 15) is 13.2 Å². The molecule has 0 unspecified atom stereocenters. The van der Waals surface area contributed by atoms with Crippen LogP contribution in [-0.2, 0) is 10.0 Å². The highest BCUT2D eigenvalue weighted by molar-refractivity contribution is 7.89. The Morgan fingerprint density at radius 3 is 2.79 bits per heavy atom. The first kappa shape index (κ1) is 18.6. The molecule has 0 aliphatic carbocycles. The molecule has 0 saturated carbocycles. The summed E-state index contributed by atoms with van der Waals surface area (Å²) in [6.07, 6.45) is 1.81. The summed E-state index contributed by atoms with van der Waals surface area (Å²) >= 11 is 0. The van der Waals surface area contributed by atoms with Gasteiger partial charge >= 0.3 is 0 Å². The van der Waals surface area contributed by atoms with Crippen molar-refractivity contribution < 1.29 is 13.2 Å². The lowest BCUT2D eigenvalue weighted by molar-refractivity contribution is 0.0704. The number of aromatic amines is 1. The monoisotopic (exact) mass is 398 g/mol. The molecule has 3 aromatic rings. The lowest BCUT2D eigenvalue weighted by Crippen LogP contribution is -2.39. The van der Waals surface area contributed by atoms with Crippen molar-refractivity contribution in [3.8, 4) is 0 Å². The molecule has 1 aliphatic heterocycles. The van der Waals surface area contributed by atoms with E-state index in [1.807, 2.05) is 24.3 Å². The Bertz CT molecular complexity index is 1120. The average molecular weight is 398 g/mol. The fraction of sp³-hybridized carbons (Fsp3) is 0.300. The van der Waals surface area contributed by atoms with Crippen LogP contribution in [0.4, 0.5) is 0 Å². The zero-order chi connectivity index (χ0) is 19.9. The fourth-order valence-electron chi connectivity index (χ4n) is 3.77. The molecule has 2 heterocycles. The molecule has 1 aliphatic rings. The number of piperidine rings is 1. The number of para-hydroxylation sites is 2. The van der Waals surface area contributed by atoms with E-state index < -0.39 is 10.0 Å². The SMILES string of the molecule is Cc1ccc(C(=O)N2CCC[C@H](c3nc4ccccc4[nH]3)C2)cc1S(N)(=O)=O. The molecule has 146 valence electrons. The molecule has 1 atom stereocenters. The highest BCUT2D eigenvalue weighted by Crippen LogP contribution is 2.28. The highest BCUT2D eigenvalue weighted by Gasteiger charge is 2.28. The van der Waals surface area contributed by atoms with Crippen molar-refractivity contribution in [2.75, 3.05) is 13.1 Å². The number of primary sulfonamides is 1. The second kappa shape index (κ2) is 7.03. The van der Waals surface area contributed by atoms with Gasteiger partial charge in [-0.25, -0.2) is 18.5 Å². The van der Waals surface area contributed by atoms with E-state index in [0.717, 1.165) is 29.7 Å². The molecule has 0 radical (unpaired) electrons. The molecule has 4 rings (SSSR count). The van der Waals surface area contributed by atoms with Gasteiger partial charge in [0.15, 0.2) is 0 Å². The van der Waals surface area contributed by atoms with E-state index in [4.69, 9.17) is 5.14 Å². The number of nitrogens with zero attached hydrogens (tertiary/aromatic N) is 2. The van der Waals surface area contributed by atoms with Crippen molar-refractivity contribution in [1.29, 1.82) is 0 Å². The zero-order valence-electron chi connectivity index (χ0n) is 15.6. The minimum atomic E-state index is -3.87. The lowest BCUT2D eigenvalue weighted by Gasteiger charge is -2.32. The molecule has 2 aromatic carbocycles. The first-order chi connectivity index (χ1) is 13.3. The fourth-order valence-corrected chi connectivity index (χ4v) is 4.58. The van der Waals surface area contributed by atoms with Crippen LogP contribution >= 0.6 is 0 Å². The molecule has 0 spiro atoms. The van der Waals surface area contributed by atoms with Crippen LogP contribution in [0, 0.1) is 6.92 Å². The van der Waals surface area contributed by atoms with Crippen LogP contribution in [-0.4, -0.2) is 42.3 Å². The average Bonchev–Trinajstić information content (AvgIpc) is 3.11. The summed E-state index contributed by atoms with van der Waals surface area (Å²) in [7, 11) is -3.87. The number of aryl methyl sites for hydroxylation is 1. The lowest BCUT2D eigenvalue weighted by atomic mass is 9.96. The predicted molar refractivity (Wildman–Crippen MR) is 107 cm³/mol. The number of sulfonamides is 1. The second-order valence-electron chi connectivity index (χ2n) is 7.25. The second-order valence-corrected chi connectivity index (χ2v) is 8.78. The van der Waals surface area contributed by atoms with Gasteiger partial charge in [-0.3, -0.25) is 4.79 Å². The van der Waals surface area contributed by atoms with Crippen molar-refractivity contribution in [3.63, 3.8) is 0 Å². The van der Waals surface area contributed by atoms with Crippen molar-refractivity contribution in [2.24, 2.45) is 5.14 Å². The van der Waals surface area contributed by atoms with Crippen LogP contribution in [0.25, 0.3) is 11.0 Å². The van der Waals surface area contributed by atoms with Gasteiger partial charge in [0.05, 0.1) is 15.9 Å². The maximum Gasteiger partial charge on any atom is 0.253 e. The van der Waals surface area contributed by atoms with E-state index in [2.05, 4.69) is 9.97 Å². The van der Waals surface area contributed by atoms with Crippen LogP contribution in [0.1, 0.15) is 40.5 Å². The number of nitrogens with two attached hydrogens (primary N) is 1. The number of carbonyl (C=O) groups excluding carboxylic acids is 1. The van der Waals surface area contributed by atoms with Crippen LogP contribution in [0.3, 0.4) is 0 Å². The number of amides is 1. The largest absolute Gasteiger partial charge is 0.342 e. The van der Waals surface area contributed by atoms with Crippen molar-refractivity contribution in [3.05, 3.63) is 59.4 Å². The number of nitrogens with one attached hydrogen (secondary N) is 1. The maximum absolute atomic E-state index is 13.0. The minimum absolute atomic E-state index is 0.0100. The van der Waals surface area contributed by atoms with Crippen LogP contribution in [0.5, 0.6) is 0 Å². The Labute approximate surface area is 163 Å². The Morgan fingerprint density at radius 1 is 1.25 bits per heavy atom. The first-order valence-corrected chi connectivity index (χ1v) is 10.7. The van der Waals surface area contributed by atoms with Gasteiger partial charge in [-0.2, -0.15) is 0 Å². The van der Waals surface area contributed by atoms with E-state index in [1.54, 1.807) is 24.0 Å². The standard InChI is InChI=1S/C20H22N4O3S/c1-13-8-9-14(11-18(13)28(21,26)27)20(25)24-10-4-5-15(12-24)19-22-16-6-2-3-7-17(16)23-19/h2-3,6-9,11,15H,4-5,10,12H2,1H3,(H,22,23)(H2,21,26,27)/t15-/m0/s1. The van der Waals surface area contributed by atoms with Gasteiger partial charge < -0.3 is 9.88 Å². The third kappa shape index (κ3) is 3.53. The van der Waals surface area contributed by atoms with Gasteiger partial charge in [-0.1, -0.05) is 18.2 Å². The highest BCUT2D eigenvalue weighted by atomic mass is 32.2. The minimum Gasteiger partial charge on any atom is -0.342 e. The summed E-state index contributed by atoms with van der Waals surface area (Å²) in [6.45, 7) is 2.83. The number of rotatable bonds is 3. The molecule has 1 fully saturated rings. The van der Waals surface area contributed by atoms with E-state index >= 15 is 0 Å². The van der Waals surface area contributed by atoms with E-state index in [0.29, 0.717) is 24.2 Å². The number of benzene rings is 2. The third-order valence-corrected chi connectivity index (χ3v) is 6.30. The summed E-state index contributed by atoms with van der Waals surface area (Å²) in [5.41, 5.74) is 2.76. The van der Waals surface area contributed by atoms with Crippen molar-refractivity contribution in [1.82, 2.24) is 14.9 Å². The molecule has 28 heavy (non-hydrogen) atoms. The summed E-state index contributed by atoms with van der Waals surface area (Å²) in [6, 6.07) is 12.5. The first-order valence-electron chi connectivity index (χ1n) is 9.20. The number of hydrogen-bond donors (Lipinski definition) is 2. The van der Waals surface area contributed by atoms with E-state index in [1.165, 1.54) is 6.07 Å². The quantitative estimate of drug-likeness (QED) is 0.706. The smallest absolute Gasteiger partial charge is 0.253 e. The van der Waals surface area contributed by atoms with E-state index in [-0.39, 0.29) is 16.7 Å². The summed E-state index contributed by atoms with van der Waals surface area (Å²) < 4.78 is 23.5. The van der Waals surface area contributed by atoms with Gasteiger partial charge in [-0.05, 0) is 49.6 Å². The van der Waals surface area contributed by atoms with Crippen LogP contribution < -0.4 is 5.14 Å². The molecule has 8 heteroatoms.